The Labute approximate surface area is 117 Å². The topological polar surface area (TPSA) is 47.9 Å². The zero-order chi connectivity index (χ0) is 13.7. The molecule has 1 aromatic rings. The van der Waals surface area contributed by atoms with Crippen LogP contribution in [0, 0.1) is 0 Å². The van der Waals surface area contributed by atoms with E-state index in [-0.39, 0.29) is 12.6 Å². The molecule has 4 nitrogen and oxygen atoms in total. The van der Waals surface area contributed by atoms with Gasteiger partial charge in [-0.3, -0.25) is 0 Å². The van der Waals surface area contributed by atoms with Crippen LogP contribution in [0.25, 0.3) is 0 Å². The number of aliphatic imine (C=N–C) groups is 1. The van der Waals surface area contributed by atoms with E-state index in [0.29, 0.717) is 16.5 Å². The maximum absolute atomic E-state index is 10.3. The Kier molecular flexibility index (Phi) is 4.83. The zero-order valence-corrected chi connectivity index (χ0v) is 11.6. The minimum Gasteiger partial charge on any atom is -0.493 e. The number of ether oxygens (including phenoxy) is 2. The molecule has 1 fully saturated rings. The van der Waals surface area contributed by atoms with Gasteiger partial charge in [-0.1, -0.05) is 11.6 Å². The largest absolute Gasteiger partial charge is 0.493 e. The Hall–Kier alpha value is -1.51. The average molecular weight is 282 g/mol. The Bertz CT molecular complexity index is 492. The number of carbonyl (C=O) groups excluding carboxylic acids is 1. The molecule has 0 bridgehead atoms. The zero-order valence-electron chi connectivity index (χ0n) is 10.8. The molecular formula is C14H16ClNO3. The molecule has 0 heterocycles. The van der Waals surface area contributed by atoms with Gasteiger partial charge >= 0.3 is 0 Å². The minimum absolute atomic E-state index is 0.197. The van der Waals surface area contributed by atoms with Crippen LogP contribution in [0.15, 0.2) is 17.1 Å². The Morgan fingerprint density at radius 1 is 1.42 bits per heavy atom. The van der Waals surface area contributed by atoms with E-state index in [4.69, 9.17) is 21.1 Å². The van der Waals surface area contributed by atoms with Crippen LogP contribution in [0.4, 0.5) is 0 Å². The van der Waals surface area contributed by atoms with E-state index in [0.717, 1.165) is 18.4 Å². The lowest BCUT2D eigenvalue weighted by Crippen LogP contribution is -2.13. The fourth-order valence-electron chi connectivity index (χ4n) is 2.32. The quantitative estimate of drug-likeness (QED) is 0.613. The van der Waals surface area contributed by atoms with Gasteiger partial charge in [0.05, 0.1) is 19.8 Å². The lowest BCUT2D eigenvalue weighted by atomic mass is 10.1. The molecule has 2 rings (SSSR count). The van der Waals surface area contributed by atoms with E-state index in [9.17, 15) is 4.79 Å². The summed E-state index contributed by atoms with van der Waals surface area (Å²) >= 11 is 6.02. The predicted molar refractivity (Wildman–Crippen MR) is 72.7 cm³/mol. The normalized spacial score (nSPS) is 15.1. The Morgan fingerprint density at radius 3 is 2.79 bits per heavy atom. The van der Waals surface area contributed by atoms with Crippen LogP contribution in [0.2, 0.25) is 5.02 Å². The van der Waals surface area contributed by atoms with E-state index in [1.807, 2.05) is 0 Å². The fraction of sp³-hybridized carbons (Fsp3) is 0.500. The summed E-state index contributed by atoms with van der Waals surface area (Å²) in [6.45, 7) is 0.197. The van der Waals surface area contributed by atoms with E-state index < -0.39 is 0 Å². The van der Waals surface area contributed by atoms with Crippen LogP contribution >= 0.6 is 11.6 Å². The van der Waals surface area contributed by atoms with Crippen molar-refractivity contribution in [1.82, 2.24) is 0 Å². The molecule has 0 N–H and O–H groups in total. The summed E-state index contributed by atoms with van der Waals surface area (Å²) in [5, 5.41) is 0.534. The molecule has 19 heavy (non-hydrogen) atoms. The third kappa shape index (κ3) is 3.49. The van der Waals surface area contributed by atoms with Gasteiger partial charge in [0.15, 0.2) is 11.5 Å². The molecule has 0 radical (unpaired) electrons. The number of rotatable bonds is 5. The first-order chi connectivity index (χ1) is 9.24. The van der Waals surface area contributed by atoms with Gasteiger partial charge in [0, 0.05) is 16.7 Å². The first kappa shape index (κ1) is 13.9. The van der Waals surface area contributed by atoms with Crippen LogP contribution in [0.5, 0.6) is 11.5 Å². The van der Waals surface area contributed by atoms with Crippen LogP contribution in [0.1, 0.15) is 31.2 Å². The maximum atomic E-state index is 10.3. The molecular weight excluding hydrogens is 266 g/mol. The predicted octanol–water partition coefficient (Wildman–Crippen LogP) is 3.51. The number of benzene rings is 1. The molecule has 0 spiro atoms. The summed E-state index contributed by atoms with van der Waals surface area (Å²) in [5.74, 6) is 1.22. The lowest BCUT2D eigenvalue weighted by molar-refractivity contribution is 0.198. The van der Waals surface area contributed by atoms with Crippen LogP contribution < -0.4 is 9.47 Å². The molecule has 0 aromatic heterocycles. The van der Waals surface area contributed by atoms with Crippen LogP contribution in [-0.4, -0.2) is 19.3 Å². The SMILES string of the molecule is COc1cc(Cl)cc(CN=C=O)c1OC1CCCC1. The maximum Gasteiger partial charge on any atom is 0.235 e. The number of nitrogens with zero attached hydrogens (tertiary/aromatic N) is 1. The average Bonchev–Trinajstić information content (AvgIpc) is 2.91. The first-order valence-corrected chi connectivity index (χ1v) is 6.69. The molecule has 1 aromatic carbocycles. The summed E-state index contributed by atoms with van der Waals surface area (Å²) in [6.07, 6.45) is 6.19. The molecule has 102 valence electrons. The van der Waals surface area contributed by atoms with Gasteiger partial charge in [0.2, 0.25) is 6.08 Å². The van der Waals surface area contributed by atoms with Crippen molar-refractivity contribution in [2.24, 2.45) is 4.99 Å². The third-order valence-electron chi connectivity index (χ3n) is 3.22. The highest BCUT2D eigenvalue weighted by atomic mass is 35.5. The van der Waals surface area contributed by atoms with Crippen molar-refractivity contribution in [3.8, 4) is 11.5 Å². The molecule has 0 aliphatic heterocycles. The summed E-state index contributed by atoms with van der Waals surface area (Å²) in [7, 11) is 1.57. The van der Waals surface area contributed by atoms with E-state index in [1.54, 1.807) is 19.2 Å². The number of isocyanates is 1. The second-order valence-corrected chi connectivity index (χ2v) is 4.96. The van der Waals surface area contributed by atoms with Crippen molar-refractivity contribution >= 4 is 17.7 Å². The summed E-state index contributed by atoms with van der Waals surface area (Å²) in [5.41, 5.74) is 0.750. The van der Waals surface area contributed by atoms with Gasteiger partial charge in [-0.2, -0.15) is 0 Å². The standard InChI is InChI=1S/C14H16ClNO3/c1-18-13-7-11(15)6-10(8-16-9-17)14(13)19-12-4-2-3-5-12/h6-7,12H,2-5,8H2,1H3. The van der Waals surface area contributed by atoms with Gasteiger partial charge < -0.3 is 9.47 Å². The van der Waals surface area contributed by atoms with Gasteiger partial charge in [0.25, 0.3) is 0 Å². The smallest absolute Gasteiger partial charge is 0.235 e. The minimum atomic E-state index is 0.197. The molecule has 5 heteroatoms. The highest BCUT2D eigenvalue weighted by molar-refractivity contribution is 6.30. The van der Waals surface area contributed by atoms with Gasteiger partial charge in [-0.05, 0) is 31.7 Å². The highest BCUT2D eigenvalue weighted by Gasteiger charge is 2.21. The fourth-order valence-corrected chi connectivity index (χ4v) is 2.55. The number of hydrogen-bond acceptors (Lipinski definition) is 4. The van der Waals surface area contributed by atoms with Crippen LogP contribution in [0.3, 0.4) is 0 Å². The highest BCUT2D eigenvalue weighted by Crippen LogP contribution is 2.37. The molecule has 0 unspecified atom stereocenters. The molecule has 0 amide bonds. The monoisotopic (exact) mass is 281 g/mol. The Morgan fingerprint density at radius 2 is 2.16 bits per heavy atom. The van der Waals surface area contributed by atoms with E-state index in [2.05, 4.69) is 4.99 Å². The summed E-state index contributed by atoms with van der Waals surface area (Å²) in [4.78, 5) is 13.9. The molecule has 1 saturated carbocycles. The molecule has 1 aliphatic carbocycles. The summed E-state index contributed by atoms with van der Waals surface area (Å²) < 4.78 is 11.3. The van der Waals surface area contributed by atoms with Crippen molar-refractivity contribution in [3.63, 3.8) is 0 Å². The van der Waals surface area contributed by atoms with Gasteiger partial charge in [-0.25, -0.2) is 9.79 Å². The van der Waals surface area contributed by atoms with Crippen molar-refractivity contribution in [2.75, 3.05) is 7.11 Å². The second-order valence-electron chi connectivity index (χ2n) is 4.53. The third-order valence-corrected chi connectivity index (χ3v) is 3.44. The molecule has 0 saturated heterocycles. The van der Waals surface area contributed by atoms with Crippen molar-refractivity contribution < 1.29 is 14.3 Å². The van der Waals surface area contributed by atoms with Crippen molar-refractivity contribution in [1.29, 1.82) is 0 Å². The molecule has 1 aliphatic rings. The van der Waals surface area contributed by atoms with E-state index >= 15 is 0 Å². The lowest BCUT2D eigenvalue weighted by Gasteiger charge is -2.18. The number of halogens is 1. The number of methoxy groups -OCH3 is 1. The first-order valence-electron chi connectivity index (χ1n) is 6.31. The number of hydrogen-bond donors (Lipinski definition) is 0. The van der Waals surface area contributed by atoms with E-state index in [1.165, 1.54) is 18.9 Å². The van der Waals surface area contributed by atoms with Crippen molar-refractivity contribution in [3.05, 3.63) is 22.7 Å². The van der Waals surface area contributed by atoms with Gasteiger partial charge in [-0.15, -0.1) is 0 Å². The molecule has 0 atom stereocenters. The Balaban J connectivity index is 2.32. The van der Waals surface area contributed by atoms with Crippen LogP contribution in [-0.2, 0) is 11.3 Å². The van der Waals surface area contributed by atoms with Gasteiger partial charge in [0.1, 0.15) is 0 Å². The van der Waals surface area contributed by atoms with Crippen molar-refractivity contribution in [2.45, 2.75) is 38.3 Å². The second kappa shape index (κ2) is 6.60. The summed E-state index contributed by atoms with van der Waals surface area (Å²) in [6, 6.07) is 3.45.